The maximum absolute atomic E-state index is 13.7. The van der Waals surface area contributed by atoms with Crippen molar-refractivity contribution in [3.05, 3.63) is 47.8 Å². The molecular formula is C17H18F2N4O3. The summed E-state index contributed by atoms with van der Waals surface area (Å²) in [6, 6.07) is 4.10. The summed E-state index contributed by atoms with van der Waals surface area (Å²) in [5.74, 6) is -2.37. The Kier molecular flexibility index (Phi) is 5.15. The second-order valence-electron chi connectivity index (χ2n) is 6.17. The van der Waals surface area contributed by atoms with Gasteiger partial charge in [0.25, 0.3) is 0 Å². The van der Waals surface area contributed by atoms with Crippen LogP contribution in [0.3, 0.4) is 0 Å². The third kappa shape index (κ3) is 4.16. The van der Waals surface area contributed by atoms with Gasteiger partial charge in [0.1, 0.15) is 18.2 Å². The van der Waals surface area contributed by atoms with E-state index in [1.807, 2.05) is 0 Å². The summed E-state index contributed by atoms with van der Waals surface area (Å²) >= 11 is 0. The van der Waals surface area contributed by atoms with E-state index in [4.69, 9.17) is 5.11 Å². The molecule has 0 aliphatic carbocycles. The van der Waals surface area contributed by atoms with Crippen molar-refractivity contribution in [1.29, 1.82) is 0 Å². The number of carboxylic acids is 1. The largest absolute Gasteiger partial charge is 0.480 e. The summed E-state index contributed by atoms with van der Waals surface area (Å²) in [7, 11) is 0. The Morgan fingerprint density at radius 2 is 2.12 bits per heavy atom. The first-order chi connectivity index (χ1) is 12.4. The predicted octanol–water partition coefficient (Wildman–Crippen LogP) is 2.66. The smallest absolute Gasteiger partial charge is 0.325 e. The Morgan fingerprint density at radius 1 is 1.31 bits per heavy atom. The number of benzene rings is 1. The molecule has 1 unspecified atom stereocenters. The average Bonchev–Trinajstić information content (AvgIpc) is 3.06. The standard InChI is InChI=1S/C17H18F2N4O3/c18-12-3-4-13(19)15(8-12)20-17(26)22-6-1-2-11(9-22)14-5-7-23(21-14)10-16(24)25/h3-5,7-8,11H,1-2,6,9-10H2,(H,20,26)(H,24,25). The average molecular weight is 364 g/mol. The lowest BCUT2D eigenvalue weighted by Gasteiger charge is -2.32. The van der Waals surface area contributed by atoms with Gasteiger partial charge in [-0.05, 0) is 31.0 Å². The van der Waals surface area contributed by atoms with E-state index in [2.05, 4.69) is 10.4 Å². The van der Waals surface area contributed by atoms with Crippen molar-refractivity contribution < 1.29 is 23.5 Å². The van der Waals surface area contributed by atoms with Crippen LogP contribution in [0.4, 0.5) is 19.3 Å². The molecule has 2 aromatic rings. The molecule has 2 heterocycles. The molecule has 2 amide bonds. The lowest BCUT2D eigenvalue weighted by Crippen LogP contribution is -2.41. The number of urea groups is 1. The highest BCUT2D eigenvalue weighted by molar-refractivity contribution is 5.89. The molecule has 0 spiro atoms. The zero-order valence-electron chi connectivity index (χ0n) is 13.9. The van der Waals surface area contributed by atoms with Crippen LogP contribution in [0.25, 0.3) is 0 Å². The number of rotatable bonds is 4. The fourth-order valence-corrected chi connectivity index (χ4v) is 3.01. The van der Waals surface area contributed by atoms with Crippen molar-refractivity contribution in [2.75, 3.05) is 18.4 Å². The molecule has 1 aromatic carbocycles. The van der Waals surface area contributed by atoms with Gasteiger partial charge >= 0.3 is 12.0 Å². The summed E-state index contributed by atoms with van der Waals surface area (Å²) in [6.07, 6.45) is 3.13. The summed E-state index contributed by atoms with van der Waals surface area (Å²) in [5, 5.41) is 15.4. The number of amides is 2. The fraction of sp³-hybridized carbons (Fsp3) is 0.353. The van der Waals surface area contributed by atoms with Gasteiger partial charge in [0.2, 0.25) is 0 Å². The fourth-order valence-electron chi connectivity index (χ4n) is 3.01. The van der Waals surface area contributed by atoms with Gasteiger partial charge in [0.05, 0.1) is 11.4 Å². The number of carbonyl (C=O) groups is 2. The Morgan fingerprint density at radius 3 is 2.88 bits per heavy atom. The number of aromatic nitrogens is 2. The van der Waals surface area contributed by atoms with Crippen molar-refractivity contribution in [2.24, 2.45) is 0 Å². The highest BCUT2D eigenvalue weighted by atomic mass is 19.1. The van der Waals surface area contributed by atoms with E-state index in [1.165, 1.54) is 9.58 Å². The molecule has 26 heavy (non-hydrogen) atoms. The van der Waals surface area contributed by atoms with Gasteiger partial charge in [0, 0.05) is 31.3 Å². The first-order valence-electron chi connectivity index (χ1n) is 8.18. The zero-order valence-corrected chi connectivity index (χ0v) is 13.9. The molecule has 0 radical (unpaired) electrons. The molecule has 7 nitrogen and oxygen atoms in total. The van der Waals surface area contributed by atoms with Crippen LogP contribution >= 0.6 is 0 Å². The Labute approximate surface area is 148 Å². The number of aliphatic carboxylic acids is 1. The number of hydrogen-bond donors (Lipinski definition) is 2. The predicted molar refractivity (Wildman–Crippen MR) is 88.8 cm³/mol. The Bertz CT molecular complexity index is 824. The second kappa shape index (κ2) is 7.51. The third-order valence-corrected chi connectivity index (χ3v) is 4.26. The molecule has 1 aromatic heterocycles. The first kappa shape index (κ1) is 17.8. The van der Waals surface area contributed by atoms with Crippen LogP contribution in [0.15, 0.2) is 30.5 Å². The van der Waals surface area contributed by atoms with Crippen LogP contribution < -0.4 is 5.32 Å². The summed E-state index contributed by atoms with van der Waals surface area (Å²) in [4.78, 5) is 24.6. The number of nitrogens with one attached hydrogen (secondary N) is 1. The lowest BCUT2D eigenvalue weighted by atomic mass is 9.95. The van der Waals surface area contributed by atoms with Gasteiger partial charge in [-0.15, -0.1) is 0 Å². The number of hydrogen-bond acceptors (Lipinski definition) is 3. The normalized spacial score (nSPS) is 17.2. The molecule has 2 N–H and O–H groups in total. The Hall–Kier alpha value is -2.97. The minimum absolute atomic E-state index is 0.0399. The quantitative estimate of drug-likeness (QED) is 0.873. The number of nitrogens with zero attached hydrogens (tertiary/aromatic N) is 3. The van der Waals surface area contributed by atoms with E-state index in [0.717, 1.165) is 31.0 Å². The van der Waals surface area contributed by atoms with E-state index in [0.29, 0.717) is 18.8 Å². The monoisotopic (exact) mass is 364 g/mol. The van der Waals surface area contributed by atoms with Crippen molar-refractivity contribution in [3.8, 4) is 0 Å². The first-order valence-corrected chi connectivity index (χ1v) is 8.18. The highest BCUT2D eigenvalue weighted by Crippen LogP contribution is 2.26. The minimum Gasteiger partial charge on any atom is -0.480 e. The molecular weight excluding hydrogens is 346 g/mol. The van der Waals surface area contributed by atoms with Gasteiger partial charge in [-0.25, -0.2) is 13.6 Å². The summed E-state index contributed by atoms with van der Waals surface area (Å²) < 4.78 is 28.2. The van der Waals surface area contributed by atoms with Crippen LogP contribution in [0.5, 0.6) is 0 Å². The topological polar surface area (TPSA) is 87.5 Å². The number of anilines is 1. The number of carboxylic acid groups (broad SMARTS) is 1. The van der Waals surface area contributed by atoms with Gasteiger partial charge in [0.15, 0.2) is 0 Å². The molecule has 138 valence electrons. The van der Waals surface area contributed by atoms with Crippen molar-refractivity contribution in [2.45, 2.75) is 25.3 Å². The lowest BCUT2D eigenvalue weighted by molar-refractivity contribution is -0.137. The maximum Gasteiger partial charge on any atom is 0.325 e. The van der Waals surface area contributed by atoms with Crippen LogP contribution in [0.2, 0.25) is 0 Å². The minimum atomic E-state index is -0.985. The summed E-state index contributed by atoms with van der Waals surface area (Å²) in [5.41, 5.74) is 0.503. The van der Waals surface area contributed by atoms with Crippen LogP contribution in [0, 0.1) is 11.6 Å². The molecule has 0 bridgehead atoms. The van der Waals surface area contributed by atoms with E-state index in [1.54, 1.807) is 12.3 Å². The summed E-state index contributed by atoms with van der Waals surface area (Å²) in [6.45, 7) is 0.637. The van der Waals surface area contributed by atoms with Crippen molar-refractivity contribution in [3.63, 3.8) is 0 Å². The van der Waals surface area contributed by atoms with Gasteiger partial charge in [-0.3, -0.25) is 9.48 Å². The van der Waals surface area contributed by atoms with E-state index < -0.39 is 23.6 Å². The van der Waals surface area contributed by atoms with E-state index >= 15 is 0 Å². The van der Waals surface area contributed by atoms with Crippen molar-refractivity contribution in [1.82, 2.24) is 14.7 Å². The Balaban J connectivity index is 1.66. The number of halogens is 2. The van der Waals surface area contributed by atoms with Crippen LogP contribution in [-0.2, 0) is 11.3 Å². The van der Waals surface area contributed by atoms with Gasteiger partial charge in [-0.2, -0.15) is 5.10 Å². The second-order valence-corrected chi connectivity index (χ2v) is 6.17. The molecule has 0 saturated carbocycles. The van der Waals surface area contributed by atoms with Crippen LogP contribution in [-0.4, -0.2) is 44.9 Å². The molecule has 9 heteroatoms. The molecule has 1 atom stereocenters. The third-order valence-electron chi connectivity index (χ3n) is 4.26. The zero-order chi connectivity index (χ0) is 18.7. The molecule has 1 aliphatic heterocycles. The molecule has 1 saturated heterocycles. The highest BCUT2D eigenvalue weighted by Gasteiger charge is 2.27. The molecule has 3 rings (SSSR count). The van der Waals surface area contributed by atoms with Gasteiger partial charge < -0.3 is 15.3 Å². The van der Waals surface area contributed by atoms with E-state index in [9.17, 15) is 18.4 Å². The van der Waals surface area contributed by atoms with Gasteiger partial charge in [-0.1, -0.05) is 0 Å². The number of carbonyl (C=O) groups excluding carboxylic acids is 1. The van der Waals surface area contributed by atoms with Crippen molar-refractivity contribution >= 4 is 17.7 Å². The number of piperidine rings is 1. The van der Waals surface area contributed by atoms with E-state index in [-0.39, 0.29) is 18.2 Å². The molecule has 1 fully saturated rings. The molecule has 1 aliphatic rings. The maximum atomic E-state index is 13.7. The SMILES string of the molecule is O=C(O)Cn1ccc(C2CCCN(C(=O)Nc3cc(F)ccc3F)C2)n1. The number of likely N-dealkylation sites (tertiary alicyclic amines) is 1. The van der Waals surface area contributed by atoms with Crippen LogP contribution in [0.1, 0.15) is 24.5 Å².